The summed E-state index contributed by atoms with van der Waals surface area (Å²) in [5.41, 5.74) is 7.23. The van der Waals surface area contributed by atoms with Gasteiger partial charge >= 0.3 is 0 Å². The first-order valence-electron chi connectivity index (χ1n) is 6.35. The summed E-state index contributed by atoms with van der Waals surface area (Å²) in [4.78, 5) is 13.5. The Bertz CT molecular complexity index is 658. The van der Waals surface area contributed by atoms with E-state index in [1.807, 2.05) is 6.07 Å². The minimum Gasteiger partial charge on any atom is -0.382 e. The van der Waals surface area contributed by atoms with Crippen molar-refractivity contribution in [2.24, 2.45) is 5.73 Å². The lowest BCUT2D eigenvalue weighted by atomic mass is 10.1. The number of nitrogens with one attached hydrogen (secondary N) is 3. The number of nitriles is 1. The van der Waals surface area contributed by atoms with Gasteiger partial charge in [-0.2, -0.15) is 5.26 Å². The second-order valence-electron chi connectivity index (χ2n) is 4.60. The Kier molecular flexibility index (Phi) is 4.09. The van der Waals surface area contributed by atoms with Crippen molar-refractivity contribution in [3.8, 4) is 6.07 Å². The van der Waals surface area contributed by atoms with Gasteiger partial charge in [-0.3, -0.25) is 10.2 Å². The molecule has 1 aliphatic heterocycles. The van der Waals surface area contributed by atoms with Crippen molar-refractivity contribution in [2.45, 2.75) is 6.54 Å². The maximum atomic E-state index is 11.7. The number of rotatable bonds is 4. The molecule has 0 fully saturated rings. The fourth-order valence-electron chi connectivity index (χ4n) is 2.22. The smallest absolute Gasteiger partial charge is 0.244 e. The molecule has 0 aliphatic carbocycles. The molecule has 1 aromatic rings. The Morgan fingerprint density at radius 3 is 3.00 bits per heavy atom. The Morgan fingerprint density at radius 2 is 2.38 bits per heavy atom. The fourth-order valence-corrected chi connectivity index (χ4v) is 2.22. The van der Waals surface area contributed by atoms with Gasteiger partial charge in [0.15, 0.2) is 0 Å². The van der Waals surface area contributed by atoms with Crippen LogP contribution in [-0.2, 0) is 11.3 Å². The number of amides is 1. The Morgan fingerprint density at radius 1 is 1.62 bits per heavy atom. The molecule has 0 saturated heterocycles. The number of hydrogen-bond donors (Lipinski definition) is 4. The number of nitrogens with zero attached hydrogens (tertiary/aromatic N) is 2. The monoisotopic (exact) mass is 284 g/mol. The normalized spacial score (nSPS) is 14.5. The third-order valence-electron chi connectivity index (χ3n) is 3.09. The van der Waals surface area contributed by atoms with Crippen LogP contribution in [0.3, 0.4) is 0 Å². The molecule has 5 N–H and O–H groups in total. The van der Waals surface area contributed by atoms with E-state index in [0.717, 1.165) is 5.56 Å². The second-order valence-corrected chi connectivity index (χ2v) is 4.60. The van der Waals surface area contributed by atoms with Gasteiger partial charge in [0.2, 0.25) is 5.91 Å². The van der Waals surface area contributed by atoms with E-state index in [2.05, 4.69) is 16.7 Å². The molecule has 1 amide bonds. The molecule has 0 radical (unpaired) electrons. The van der Waals surface area contributed by atoms with E-state index >= 15 is 0 Å². The van der Waals surface area contributed by atoms with E-state index in [0.29, 0.717) is 17.9 Å². The molecule has 7 heteroatoms. The molecule has 21 heavy (non-hydrogen) atoms. The zero-order valence-corrected chi connectivity index (χ0v) is 11.6. The topological polar surface area (TPSA) is 118 Å². The van der Waals surface area contributed by atoms with Crippen molar-refractivity contribution < 1.29 is 4.79 Å². The van der Waals surface area contributed by atoms with E-state index in [-0.39, 0.29) is 24.0 Å². The molecule has 2 rings (SSSR count). The van der Waals surface area contributed by atoms with Gasteiger partial charge in [0.25, 0.3) is 0 Å². The molecule has 0 bridgehead atoms. The zero-order chi connectivity index (χ0) is 15.4. The summed E-state index contributed by atoms with van der Waals surface area (Å²) >= 11 is 0. The standard InChI is InChI=1S/C14H16N6O/c1-18-14-12(13(16)17)19-11(21)8-20(14)7-10-4-2-3-9(5-10)6-15/h2-5,18H,7-8H2,1H3,(H3,16,17)(H,19,21). The highest BCUT2D eigenvalue weighted by Gasteiger charge is 2.25. The summed E-state index contributed by atoms with van der Waals surface area (Å²) in [6.45, 7) is 0.597. The van der Waals surface area contributed by atoms with Crippen molar-refractivity contribution in [3.05, 3.63) is 46.9 Å². The molecular weight excluding hydrogens is 268 g/mol. The molecule has 0 spiro atoms. The predicted octanol–water partition coefficient (Wildman–Crippen LogP) is -0.185. The summed E-state index contributed by atoms with van der Waals surface area (Å²) in [6.07, 6.45) is 0. The summed E-state index contributed by atoms with van der Waals surface area (Å²) in [5.74, 6) is 0.156. The van der Waals surface area contributed by atoms with Gasteiger partial charge in [-0.25, -0.2) is 0 Å². The minimum absolute atomic E-state index is 0.156. The molecule has 108 valence electrons. The third-order valence-corrected chi connectivity index (χ3v) is 3.09. The van der Waals surface area contributed by atoms with Crippen molar-refractivity contribution in [2.75, 3.05) is 13.6 Å². The Labute approximate surface area is 122 Å². The fraction of sp³-hybridized carbons (Fsp3) is 0.214. The predicted molar refractivity (Wildman–Crippen MR) is 77.7 cm³/mol. The van der Waals surface area contributed by atoms with Gasteiger partial charge in [0, 0.05) is 13.6 Å². The summed E-state index contributed by atoms with van der Waals surface area (Å²) in [5, 5.41) is 22.0. The van der Waals surface area contributed by atoms with Gasteiger partial charge in [-0.05, 0) is 17.7 Å². The first-order valence-corrected chi connectivity index (χ1v) is 6.35. The van der Waals surface area contributed by atoms with Crippen LogP contribution in [0.25, 0.3) is 0 Å². The second kappa shape index (κ2) is 5.96. The number of carbonyl (C=O) groups excluding carboxylic acids is 1. The number of benzene rings is 1. The summed E-state index contributed by atoms with van der Waals surface area (Å²) in [6, 6.07) is 9.26. The lowest BCUT2D eigenvalue weighted by Gasteiger charge is -2.32. The molecule has 0 saturated carbocycles. The Balaban J connectivity index is 2.32. The average molecular weight is 284 g/mol. The molecule has 1 heterocycles. The van der Waals surface area contributed by atoms with Gasteiger partial charge in [-0.1, -0.05) is 12.1 Å². The molecule has 0 aromatic heterocycles. The number of nitrogens with two attached hydrogens (primary N) is 1. The molecule has 0 atom stereocenters. The van der Waals surface area contributed by atoms with Crippen molar-refractivity contribution in [3.63, 3.8) is 0 Å². The minimum atomic E-state index is -0.226. The maximum Gasteiger partial charge on any atom is 0.244 e. The van der Waals surface area contributed by atoms with Crippen molar-refractivity contribution in [1.29, 1.82) is 10.7 Å². The van der Waals surface area contributed by atoms with E-state index < -0.39 is 0 Å². The lowest BCUT2D eigenvalue weighted by molar-refractivity contribution is -0.122. The summed E-state index contributed by atoms with van der Waals surface area (Å²) < 4.78 is 0. The lowest BCUT2D eigenvalue weighted by Crippen LogP contribution is -2.49. The van der Waals surface area contributed by atoms with Gasteiger partial charge in [0.05, 0.1) is 18.2 Å². The van der Waals surface area contributed by atoms with Crippen molar-refractivity contribution >= 4 is 11.7 Å². The van der Waals surface area contributed by atoms with Crippen LogP contribution in [0.5, 0.6) is 0 Å². The molecule has 7 nitrogen and oxygen atoms in total. The SMILES string of the molecule is CNC1=C(C(=N)N)NC(=O)CN1Cc1cccc(C#N)c1. The maximum absolute atomic E-state index is 11.7. The molecule has 0 unspecified atom stereocenters. The summed E-state index contributed by atoms with van der Waals surface area (Å²) in [7, 11) is 1.70. The Hall–Kier alpha value is -3.01. The highest BCUT2D eigenvalue weighted by molar-refractivity contribution is 6.00. The van der Waals surface area contributed by atoms with Crippen LogP contribution in [0.15, 0.2) is 35.8 Å². The van der Waals surface area contributed by atoms with Crippen molar-refractivity contribution in [1.82, 2.24) is 15.5 Å². The van der Waals surface area contributed by atoms with E-state index in [9.17, 15) is 4.79 Å². The first kappa shape index (κ1) is 14.4. The third kappa shape index (κ3) is 3.12. The quantitative estimate of drug-likeness (QED) is 0.451. The van der Waals surface area contributed by atoms with Crippen LogP contribution >= 0.6 is 0 Å². The van der Waals surface area contributed by atoms with Crippen LogP contribution < -0.4 is 16.4 Å². The number of amidine groups is 1. The van der Waals surface area contributed by atoms with Crippen LogP contribution in [0.4, 0.5) is 0 Å². The van der Waals surface area contributed by atoms with Crippen LogP contribution in [0, 0.1) is 16.7 Å². The first-order chi connectivity index (χ1) is 10.0. The van der Waals surface area contributed by atoms with E-state index in [1.165, 1.54) is 0 Å². The van der Waals surface area contributed by atoms with Crippen LogP contribution in [-0.4, -0.2) is 30.2 Å². The van der Waals surface area contributed by atoms with Crippen LogP contribution in [0.1, 0.15) is 11.1 Å². The van der Waals surface area contributed by atoms with Gasteiger partial charge in [0.1, 0.15) is 17.4 Å². The molecular formula is C14H16N6O. The van der Waals surface area contributed by atoms with Gasteiger partial charge in [-0.15, -0.1) is 0 Å². The largest absolute Gasteiger partial charge is 0.382 e. The average Bonchev–Trinajstić information content (AvgIpc) is 2.46. The number of hydrogen-bond acceptors (Lipinski definition) is 5. The highest BCUT2D eigenvalue weighted by atomic mass is 16.2. The van der Waals surface area contributed by atoms with Gasteiger partial charge < -0.3 is 21.3 Å². The van der Waals surface area contributed by atoms with E-state index in [1.54, 1.807) is 30.1 Å². The molecule has 1 aliphatic rings. The number of carbonyl (C=O) groups is 1. The molecule has 1 aromatic carbocycles. The highest BCUT2D eigenvalue weighted by Crippen LogP contribution is 2.15. The van der Waals surface area contributed by atoms with E-state index in [4.69, 9.17) is 16.4 Å². The zero-order valence-electron chi connectivity index (χ0n) is 11.6. The van der Waals surface area contributed by atoms with Crippen LogP contribution in [0.2, 0.25) is 0 Å².